The van der Waals surface area contributed by atoms with Gasteiger partial charge in [0.15, 0.2) is 5.96 Å². The molecule has 0 bridgehead atoms. The van der Waals surface area contributed by atoms with E-state index in [0.717, 1.165) is 64.1 Å². The molecule has 1 aromatic rings. The van der Waals surface area contributed by atoms with E-state index in [2.05, 4.69) is 48.4 Å². The van der Waals surface area contributed by atoms with Gasteiger partial charge in [0.1, 0.15) is 5.75 Å². The third-order valence-electron chi connectivity index (χ3n) is 5.13. The molecule has 7 nitrogen and oxygen atoms in total. The molecule has 1 aliphatic rings. The highest BCUT2D eigenvalue weighted by molar-refractivity contribution is 5.79. The van der Waals surface area contributed by atoms with Crippen LogP contribution in [0.5, 0.6) is 5.75 Å². The van der Waals surface area contributed by atoms with Gasteiger partial charge in [0, 0.05) is 32.8 Å². The Kier molecular flexibility index (Phi) is 11.6. The number of nitrogens with one attached hydrogen (secondary N) is 2. The molecule has 0 amide bonds. The normalized spacial score (nSPS) is 16.5. The number of rotatable bonds is 12. The molecule has 1 atom stereocenters. The molecule has 2 rings (SSSR count). The third-order valence-corrected chi connectivity index (χ3v) is 5.13. The molecule has 170 valence electrons. The summed E-state index contributed by atoms with van der Waals surface area (Å²) >= 11 is 0. The van der Waals surface area contributed by atoms with Crippen molar-refractivity contribution in [2.24, 2.45) is 10.9 Å². The Morgan fingerprint density at radius 2 is 1.87 bits per heavy atom. The minimum atomic E-state index is 0.206. The number of guanidine groups is 1. The van der Waals surface area contributed by atoms with Crippen molar-refractivity contribution in [3.63, 3.8) is 0 Å². The van der Waals surface area contributed by atoms with Crippen LogP contribution in [0.15, 0.2) is 29.3 Å². The molecule has 0 saturated carbocycles. The summed E-state index contributed by atoms with van der Waals surface area (Å²) in [7, 11) is 1.69. The van der Waals surface area contributed by atoms with Crippen molar-refractivity contribution in [2.45, 2.75) is 33.2 Å². The minimum Gasteiger partial charge on any atom is -0.497 e. The molecule has 0 spiro atoms. The summed E-state index contributed by atoms with van der Waals surface area (Å²) in [6.45, 7) is 13.6. The first-order chi connectivity index (χ1) is 14.6. The van der Waals surface area contributed by atoms with Gasteiger partial charge in [0.05, 0.1) is 39.5 Å². The SMILES string of the molecule is CCNC(=NCC(c1ccc(OC)cc1)N1CCOCC1)NCCOCCC(C)C. The zero-order valence-electron chi connectivity index (χ0n) is 19.2. The molecule has 0 aromatic heterocycles. The first kappa shape index (κ1) is 24.4. The summed E-state index contributed by atoms with van der Waals surface area (Å²) in [5.74, 6) is 2.37. The van der Waals surface area contributed by atoms with Crippen molar-refractivity contribution in [3.05, 3.63) is 29.8 Å². The number of hydrogen-bond donors (Lipinski definition) is 2. The highest BCUT2D eigenvalue weighted by atomic mass is 16.5. The fraction of sp³-hybridized carbons (Fsp3) is 0.696. The summed E-state index contributed by atoms with van der Waals surface area (Å²) < 4.78 is 16.6. The lowest BCUT2D eigenvalue weighted by molar-refractivity contribution is 0.0179. The van der Waals surface area contributed by atoms with Gasteiger partial charge in [-0.15, -0.1) is 0 Å². The molecule has 2 N–H and O–H groups in total. The lowest BCUT2D eigenvalue weighted by atomic mass is 10.0. The van der Waals surface area contributed by atoms with E-state index in [1.54, 1.807) is 7.11 Å². The highest BCUT2D eigenvalue weighted by Gasteiger charge is 2.22. The largest absolute Gasteiger partial charge is 0.497 e. The lowest BCUT2D eigenvalue weighted by Gasteiger charge is -2.34. The summed E-state index contributed by atoms with van der Waals surface area (Å²) in [5.41, 5.74) is 1.24. The topological polar surface area (TPSA) is 67.4 Å². The van der Waals surface area contributed by atoms with Crippen LogP contribution in [0, 0.1) is 5.92 Å². The van der Waals surface area contributed by atoms with Crippen LogP contribution in [0.25, 0.3) is 0 Å². The van der Waals surface area contributed by atoms with Crippen molar-refractivity contribution in [2.75, 3.05) is 66.3 Å². The molecule has 1 saturated heterocycles. The van der Waals surface area contributed by atoms with Crippen molar-refractivity contribution in [3.8, 4) is 5.75 Å². The molecule has 1 unspecified atom stereocenters. The van der Waals surface area contributed by atoms with Gasteiger partial charge in [-0.05, 0) is 37.0 Å². The van der Waals surface area contributed by atoms with Crippen LogP contribution in [0.4, 0.5) is 0 Å². The van der Waals surface area contributed by atoms with Gasteiger partial charge >= 0.3 is 0 Å². The van der Waals surface area contributed by atoms with E-state index in [1.165, 1.54) is 5.56 Å². The highest BCUT2D eigenvalue weighted by Crippen LogP contribution is 2.24. The zero-order chi connectivity index (χ0) is 21.6. The maximum atomic E-state index is 5.71. The van der Waals surface area contributed by atoms with Crippen LogP contribution in [-0.2, 0) is 9.47 Å². The van der Waals surface area contributed by atoms with Crippen LogP contribution >= 0.6 is 0 Å². The second kappa shape index (κ2) is 14.2. The zero-order valence-corrected chi connectivity index (χ0v) is 19.2. The summed E-state index contributed by atoms with van der Waals surface area (Å²) in [6.07, 6.45) is 1.09. The second-order valence-corrected chi connectivity index (χ2v) is 7.88. The summed E-state index contributed by atoms with van der Waals surface area (Å²) in [4.78, 5) is 7.33. The van der Waals surface area contributed by atoms with Gasteiger partial charge in [-0.25, -0.2) is 0 Å². The summed E-state index contributed by atoms with van der Waals surface area (Å²) in [5, 5.41) is 6.73. The van der Waals surface area contributed by atoms with Gasteiger partial charge in [0.2, 0.25) is 0 Å². The van der Waals surface area contributed by atoms with E-state index in [-0.39, 0.29) is 6.04 Å². The Morgan fingerprint density at radius 1 is 1.13 bits per heavy atom. The van der Waals surface area contributed by atoms with Crippen molar-refractivity contribution in [1.29, 1.82) is 0 Å². The number of hydrogen-bond acceptors (Lipinski definition) is 5. The molecule has 0 aliphatic carbocycles. The van der Waals surface area contributed by atoms with E-state index >= 15 is 0 Å². The van der Waals surface area contributed by atoms with Crippen molar-refractivity contribution < 1.29 is 14.2 Å². The van der Waals surface area contributed by atoms with Crippen LogP contribution < -0.4 is 15.4 Å². The summed E-state index contributed by atoms with van der Waals surface area (Å²) in [6, 6.07) is 8.52. The maximum absolute atomic E-state index is 5.71. The van der Waals surface area contributed by atoms with Gasteiger partial charge in [-0.1, -0.05) is 26.0 Å². The Hall–Kier alpha value is -1.83. The number of morpholine rings is 1. The van der Waals surface area contributed by atoms with E-state index < -0.39 is 0 Å². The Morgan fingerprint density at radius 3 is 2.50 bits per heavy atom. The van der Waals surface area contributed by atoms with Crippen LogP contribution in [0.1, 0.15) is 38.8 Å². The smallest absolute Gasteiger partial charge is 0.191 e. The number of ether oxygens (including phenoxy) is 3. The van der Waals surface area contributed by atoms with Crippen LogP contribution in [0.2, 0.25) is 0 Å². The molecule has 1 aromatic carbocycles. The average molecular weight is 421 g/mol. The van der Waals surface area contributed by atoms with Gasteiger partial charge < -0.3 is 24.8 Å². The molecule has 30 heavy (non-hydrogen) atoms. The molecule has 7 heteroatoms. The van der Waals surface area contributed by atoms with E-state index in [4.69, 9.17) is 19.2 Å². The molecule has 0 radical (unpaired) electrons. The predicted octanol–water partition coefficient (Wildman–Crippen LogP) is 2.69. The van der Waals surface area contributed by atoms with Crippen molar-refractivity contribution >= 4 is 5.96 Å². The fourth-order valence-electron chi connectivity index (χ4n) is 3.33. The van der Waals surface area contributed by atoms with Crippen molar-refractivity contribution in [1.82, 2.24) is 15.5 Å². The quantitative estimate of drug-likeness (QED) is 0.308. The Bertz CT molecular complexity index is 601. The maximum Gasteiger partial charge on any atom is 0.191 e. The van der Waals surface area contributed by atoms with Gasteiger partial charge in [-0.2, -0.15) is 0 Å². The number of benzene rings is 1. The molecule has 1 aliphatic heterocycles. The predicted molar refractivity (Wildman–Crippen MR) is 122 cm³/mol. The molecule has 1 heterocycles. The van der Waals surface area contributed by atoms with Gasteiger partial charge in [0.25, 0.3) is 0 Å². The average Bonchev–Trinajstić information content (AvgIpc) is 2.77. The molecular formula is C23H40N4O3. The monoisotopic (exact) mass is 420 g/mol. The third kappa shape index (κ3) is 8.90. The number of methoxy groups -OCH3 is 1. The standard InChI is InChI=1S/C23H40N4O3/c1-5-24-23(25-11-15-29-14-10-19(2)3)26-18-22(27-12-16-30-17-13-27)20-6-8-21(28-4)9-7-20/h6-9,19,22H,5,10-18H2,1-4H3,(H2,24,25,26). The lowest BCUT2D eigenvalue weighted by Crippen LogP contribution is -2.42. The van der Waals surface area contributed by atoms with Crippen LogP contribution in [0.3, 0.4) is 0 Å². The minimum absolute atomic E-state index is 0.206. The second-order valence-electron chi connectivity index (χ2n) is 7.88. The first-order valence-corrected chi connectivity index (χ1v) is 11.2. The molecular weight excluding hydrogens is 380 g/mol. The fourth-order valence-corrected chi connectivity index (χ4v) is 3.33. The number of aliphatic imine (C=N–C) groups is 1. The van der Waals surface area contributed by atoms with Gasteiger partial charge in [-0.3, -0.25) is 9.89 Å². The van der Waals surface area contributed by atoms with E-state index in [1.807, 2.05) is 12.1 Å². The van der Waals surface area contributed by atoms with Crippen LogP contribution in [-0.4, -0.2) is 77.1 Å². The Balaban J connectivity index is 1.96. The Labute approximate surface area is 182 Å². The van der Waals surface area contributed by atoms with E-state index in [0.29, 0.717) is 19.1 Å². The van der Waals surface area contributed by atoms with E-state index in [9.17, 15) is 0 Å². The molecule has 1 fully saturated rings. The number of nitrogens with zero attached hydrogens (tertiary/aromatic N) is 2. The first-order valence-electron chi connectivity index (χ1n) is 11.2.